The number of thioether (sulfide) groups is 1. The summed E-state index contributed by atoms with van der Waals surface area (Å²) in [6.45, 7) is 0.388. The molecule has 162 valence electrons. The number of aromatic nitrogens is 4. The molecule has 0 aliphatic carbocycles. The van der Waals surface area contributed by atoms with Gasteiger partial charge in [0.2, 0.25) is 5.91 Å². The van der Waals surface area contributed by atoms with Gasteiger partial charge in [-0.25, -0.2) is 14.1 Å². The van der Waals surface area contributed by atoms with Gasteiger partial charge in [-0.2, -0.15) is 5.10 Å². The zero-order valence-electron chi connectivity index (χ0n) is 16.7. The van der Waals surface area contributed by atoms with E-state index in [0.717, 1.165) is 5.56 Å². The van der Waals surface area contributed by atoms with E-state index in [1.54, 1.807) is 28.8 Å². The van der Waals surface area contributed by atoms with Crippen molar-refractivity contribution < 1.29 is 9.18 Å². The lowest BCUT2D eigenvalue weighted by atomic mass is 10.2. The monoisotopic (exact) mass is 469 g/mol. The second kappa shape index (κ2) is 8.40. The van der Waals surface area contributed by atoms with Crippen molar-refractivity contribution in [2.45, 2.75) is 24.2 Å². The van der Waals surface area contributed by atoms with Crippen LogP contribution < -0.4 is 10.9 Å². The van der Waals surface area contributed by atoms with Crippen molar-refractivity contribution in [1.82, 2.24) is 24.6 Å². The molecule has 4 aromatic rings. The summed E-state index contributed by atoms with van der Waals surface area (Å²) in [5, 5.41) is 8.70. The highest BCUT2D eigenvalue weighted by molar-refractivity contribution is 7.99. The first kappa shape index (κ1) is 20.7. The first-order chi connectivity index (χ1) is 15.5. The van der Waals surface area contributed by atoms with Crippen LogP contribution in [0.1, 0.15) is 18.0 Å². The van der Waals surface area contributed by atoms with Crippen LogP contribution in [0.25, 0.3) is 16.7 Å². The second-order valence-corrected chi connectivity index (χ2v) is 8.84. The molecule has 0 spiro atoms. The van der Waals surface area contributed by atoms with Crippen LogP contribution in [0.4, 0.5) is 4.39 Å². The largest absolute Gasteiger partial charge is 0.352 e. The quantitative estimate of drug-likeness (QED) is 0.450. The van der Waals surface area contributed by atoms with Crippen molar-refractivity contribution in [2.75, 3.05) is 5.75 Å². The Morgan fingerprint density at radius 2 is 1.94 bits per heavy atom. The van der Waals surface area contributed by atoms with Gasteiger partial charge in [0.15, 0.2) is 10.8 Å². The summed E-state index contributed by atoms with van der Waals surface area (Å²) >= 11 is 7.31. The molecule has 1 unspecified atom stereocenters. The first-order valence-corrected chi connectivity index (χ1v) is 11.3. The average Bonchev–Trinajstić information content (AvgIpc) is 3.39. The standard InChI is InChI=1S/C22H17ClFN5O2S/c23-14-3-1-13(2-4-14)10-25-19(30)9-17-12-32-22-27-20-18(21(31)28(17)22)11-26-29(20)16-7-5-15(24)6-8-16/h1-8,11,17H,9-10,12H2,(H,25,30). The van der Waals surface area contributed by atoms with Gasteiger partial charge >= 0.3 is 0 Å². The van der Waals surface area contributed by atoms with Gasteiger partial charge in [-0.3, -0.25) is 14.2 Å². The summed E-state index contributed by atoms with van der Waals surface area (Å²) in [5.41, 5.74) is 1.73. The molecule has 5 rings (SSSR count). The summed E-state index contributed by atoms with van der Waals surface area (Å²) in [6.07, 6.45) is 1.63. The van der Waals surface area contributed by atoms with Crippen molar-refractivity contribution in [3.8, 4) is 5.69 Å². The van der Waals surface area contributed by atoms with E-state index < -0.39 is 0 Å². The third-order valence-electron chi connectivity index (χ3n) is 5.27. The summed E-state index contributed by atoms with van der Waals surface area (Å²) in [7, 11) is 0. The van der Waals surface area contributed by atoms with Crippen molar-refractivity contribution in [3.05, 3.63) is 81.5 Å². The molecule has 1 aliphatic rings. The lowest BCUT2D eigenvalue weighted by Gasteiger charge is -2.13. The Hall–Kier alpha value is -3.17. The number of carbonyl (C=O) groups excluding carboxylic acids is 1. The van der Waals surface area contributed by atoms with Gasteiger partial charge < -0.3 is 5.32 Å². The fourth-order valence-corrected chi connectivity index (χ4v) is 4.90. The third kappa shape index (κ3) is 3.89. The van der Waals surface area contributed by atoms with Gasteiger partial charge in [-0.15, -0.1) is 0 Å². The molecule has 1 aliphatic heterocycles. The van der Waals surface area contributed by atoms with Crippen molar-refractivity contribution in [2.24, 2.45) is 0 Å². The number of benzene rings is 2. The molecule has 1 atom stereocenters. The molecule has 0 fully saturated rings. The molecule has 2 aromatic heterocycles. The molecule has 0 bridgehead atoms. The second-order valence-electron chi connectivity index (χ2n) is 7.41. The summed E-state index contributed by atoms with van der Waals surface area (Å²) in [6, 6.07) is 12.8. The number of nitrogens with one attached hydrogen (secondary N) is 1. The summed E-state index contributed by atoms with van der Waals surface area (Å²) < 4.78 is 16.4. The molecule has 1 N–H and O–H groups in total. The van der Waals surface area contributed by atoms with Crippen LogP contribution in [0, 0.1) is 5.82 Å². The van der Waals surface area contributed by atoms with Gasteiger partial charge in [-0.1, -0.05) is 35.5 Å². The first-order valence-electron chi connectivity index (χ1n) is 9.90. The van der Waals surface area contributed by atoms with Crippen molar-refractivity contribution in [3.63, 3.8) is 0 Å². The molecule has 2 aromatic carbocycles. The minimum Gasteiger partial charge on any atom is -0.352 e. The van der Waals surface area contributed by atoms with E-state index in [4.69, 9.17) is 11.6 Å². The van der Waals surface area contributed by atoms with Crippen LogP contribution in [0.2, 0.25) is 5.02 Å². The Bertz CT molecular complexity index is 1370. The zero-order chi connectivity index (χ0) is 22.2. The lowest BCUT2D eigenvalue weighted by molar-refractivity contribution is -0.121. The Labute approximate surface area is 191 Å². The summed E-state index contributed by atoms with van der Waals surface area (Å²) in [4.78, 5) is 30.3. The molecule has 7 nitrogen and oxygen atoms in total. The van der Waals surface area contributed by atoms with Crippen LogP contribution in [0.5, 0.6) is 0 Å². The number of fused-ring (bicyclic) bond motifs is 2. The lowest BCUT2D eigenvalue weighted by Crippen LogP contribution is -2.30. The number of nitrogens with zero attached hydrogens (tertiary/aromatic N) is 4. The van der Waals surface area contributed by atoms with Gasteiger partial charge in [0.05, 0.1) is 17.9 Å². The molecule has 32 heavy (non-hydrogen) atoms. The molecule has 0 saturated carbocycles. The molecule has 1 amide bonds. The molecular formula is C22H17ClFN5O2S. The van der Waals surface area contributed by atoms with Crippen LogP contribution >= 0.6 is 23.4 Å². The Balaban J connectivity index is 1.37. The number of halogens is 2. The normalized spacial score (nSPS) is 15.1. The fraction of sp³-hybridized carbons (Fsp3) is 0.182. The zero-order valence-corrected chi connectivity index (χ0v) is 18.2. The van der Waals surface area contributed by atoms with Crippen LogP contribution in [-0.2, 0) is 11.3 Å². The van der Waals surface area contributed by atoms with E-state index in [2.05, 4.69) is 15.4 Å². The number of hydrogen-bond donors (Lipinski definition) is 1. The minimum absolute atomic E-state index is 0.146. The Morgan fingerprint density at radius 3 is 2.69 bits per heavy atom. The third-order valence-corrected chi connectivity index (χ3v) is 6.62. The van der Waals surface area contributed by atoms with Crippen molar-refractivity contribution >= 4 is 40.3 Å². The van der Waals surface area contributed by atoms with Gasteiger partial charge in [0.25, 0.3) is 5.56 Å². The molecular weight excluding hydrogens is 453 g/mol. The molecule has 3 heterocycles. The highest BCUT2D eigenvalue weighted by Gasteiger charge is 2.29. The van der Waals surface area contributed by atoms with E-state index in [-0.39, 0.29) is 29.7 Å². The predicted molar refractivity (Wildman–Crippen MR) is 121 cm³/mol. The number of hydrogen-bond acceptors (Lipinski definition) is 5. The van der Waals surface area contributed by atoms with Crippen LogP contribution in [-0.4, -0.2) is 31.0 Å². The molecule has 0 saturated heterocycles. The highest BCUT2D eigenvalue weighted by atomic mass is 35.5. The minimum atomic E-state index is -0.355. The number of rotatable bonds is 5. The average molecular weight is 470 g/mol. The van der Waals surface area contributed by atoms with Gasteiger partial charge in [0, 0.05) is 23.7 Å². The fourth-order valence-electron chi connectivity index (χ4n) is 3.64. The van der Waals surface area contributed by atoms with E-state index in [0.29, 0.717) is 39.2 Å². The van der Waals surface area contributed by atoms with E-state index in [9.17, 15) is 14.0 Å². The Morgan fingerprint density at radius 1 is 1.19 bits per heavy atom. The molecule has 0 radical (unpaired) electrons. The van der Waals surface area contributed by atoms with Gasteiger partial charge in [0.1, 0.15) is 11.2 Å². The van der Waals surface area contributed by atoms with Crippen LogP contribution in [0.3, 0.4) is 0 Å². The van der Waals surface area contributed by atoms with E-state index >= 15 is 0 Å². The number of carbonyl (C=O) groups is 1. The maximum Gasteiger partial charge on any atom is 0.265 e. The van der Waals surface area contributed by atoms with Crippen LogP contribution in [0.15, 0.2) is 64.7 Å². The predicted octanol–water partition coefficient (Wildman–Crippen LogP) is 3.73. The molecule has 10 heteroatoms. The summed E-state index contributed by atoms with van der Waals surface area (Å²) in [5.74, 6) is 0.0759. The van der Waals surface area contributed by atoms with E-state index in [1.165, 1.54) is 34.8 Å². The van der Waals surface area contributed by atoms with Gasteiger partial charge in [-0.05, 0) is 42.0 Å². The van der Waals surface area contributed by atoms with Crippen molar-refractivity contribution in [1.29, 1.82) is 0 Å². The maximum atomic E-state index is 13.3. The topological polar surface area (TPSA) is 81.8 Å². The Kier molecular flexibility index (Phi) is 5.44. The number of amides is 1. The highest BCUT2D eigenvalue weighted by Crippen LogP contribution is 2.33. The van der Waals surface area contributed by atoms with E-state index in [1.807, 2.05) is 12.1 Å². The SMILES string of the molecule is O=C(CC1CSc2nc3c(cnn3-c3ccc(F)cc3)c(=O)n21)NCc1ccc(Cl)cc1. The smallest absolute Gasteiger partial charge is 0.265 e. The maximum absolute atomic E-state index is 13.3.